The molecule has 0 fully saturated rings. The van der Waals surface area contributed by atoms with Gasteiger partial charge in [-0.2, -0.15) is 0 Å². The molecule has 7 heteroatoms. The van der Waals surface area contributed by atoms with Crippen molar-refractivity contribution in [1.82, 2.24) is 5.32 Å². The lowest BCUT2D eigenvalue weighted by Crippen LogP contribution is -2.28. The molecule has 0 bridgehead atoms. The molecule has 2 rings (SSSR count). The summed E-state index contributed by atoms with van der Waals surface area (Å²) in [4.78, 5) is 23.0. The molecule has 0 heterocycles. The molecule has 126 valence electrons. The smallest absolute Gasteiger partial charge is 0.434 e. The summed E-state index contributed by atoms with van der Waals surface area (Å²) < 4.78 is 9.60. The molecule has 2 N–H and O–H groups in total. The number of amides is 2. The largest absolute Gasteiger partial charge is 0.513 e. The fourth-order valence-corrected chi connectivity index (χ4v) is 1.94. The van der Waals surface area contributed by atoms with E-state index in [9.17, 15) is 9.59 Å². The molecule has 0 unspecified atom stereocenters. The predicted molar refractivity (Wildman–Crippen MR) is 91.4 cm³/mol. The molecule has 6 nitrogen and oxygen atoms in total. The summed E-state index contributed by atoms with van der Waals surface area (Å²) in [6.45, 7) is 2.32. The highest BCUT2D eigenvalue weighted by Crippen LogP contribution is 2.16. The zero-order valence-corrected chi connectivity index (χ0v) is 13.8. The van der Waals surface area contributed by atoms with E-state index in [1.165, 1.54) is 0 Å². The Balaban J connectivity index is 1.81. The van der Waals surface area contributed by atoms with Crippen LogP contribution in [0.4, 0.5) is 15.3 Å². The van der Waals surface area contributed by atoms with Gasteiger partial charge < -0.3 is 20.1 Å². The maximum absolute atomic E-state index is 11.8. The Kier molecular flexibility index (Phi) is 6.45. The number of hydrogen-bond acceptors (Lipinski definition) is 4. The number of carbonyl (C=O) groups excluding carboxylic acids is 2. The van der Waals surface area contributed by atoms with Crippen molar-refractivity contribution in [2.75, 3.05) is 11.9 Å². The molecule has 2 amide bonds. The lowest BCUT2D eigenvalue weighted by atomic mass is 10.2. The summed E-state index contributed by atoms with van der Waals surface area (Å²) in [5.41, 5.74) is 1.51. The summed E-state index contributed by atoms with van der Waals surface area (Å²) in [6.07, 6.45) is -0.765. The minimum Gasteiger partial charge on any atom is -0.434 e. The quantitative estimate of drug-likeness (QED) is 0.627. The molecule has 0 saturated carbocycles. The Labute approximate surface area is 144 Å². The second kappa shape index (κ2) is 8.79. The molecule has 0 radical (unpaired) electrons. The van der Waals surface area contributed by atoms with Crippen LogP contribution >= 0.6 is 11.6 Å². The summed E-state index contributed by atoms with van der Waals surface area (Å²) in [5.74, 6) is 0.334. The maximum Gasteiger partial charge on any atom is 0.513 e. The number of hydrogen-bond donors (Lipinski definition) is 2. The fourth-order valence-electron chi connectivity index (χ4n) is 1.81. The molecule has 2 aromatic rings. The number of halogens is 1. The molecule has 0 aliphatic carbocycles. The first-order valence-electron chi connectivity index (χ1n) is 7.31. The van der Waals surface area contributed by atoms with Crippen molar-refractivity contribution < 1.29 is 19.1 Å². The van der Waals surface area contributed by atoms with Crippen LogP contribution in [-0.4, -0.2) is 18.8 Å². The third-order valence-electron chi connectivity index (χ3n) is 2.94. The molecule has 0 spiro atoms. The van der Waals surface area contributed by atoms with E-state index in [1.54, 1.807) is 43.3 Å². The summed E-state index contributed by atoms with van der Waals surface area (Å²) in [5, 5.41) is 6.06. The summed E-state index contributed by atoms with van der Waals surface area (Å²) in [6, 6.07) is 13.2. The molecule has 0 atom stereocenters. The average Bonchev–Trinajstić information content (AvgIpc) is 2.56. The number of ether oxygens (including phenoxy) is 2. The summed E-state index contributed by atoms with van der Waals surface area (Å²) in [7, 11) is 0. The van der Waals surface area contributed by atoms with Gasteiger partial charge in [-0.1, -0.05) is 23.7 Å². The SMILES string of the molecule is CCOC(=O)Oc1ccc(NC(=O)NCc2ccc(Cl)cc2)cc1. The van der Waals surface area contributed by atoms with Crippen LogP contribution in [0.15, 0.2) is 48.5 Å². The topological polar surface area (TPSA) is 76.7 Å². The van der Waals surface area contributed by atoms with Gasteiger partial charge in [-0.3, -0.25) is 0 Å². The minimum absolute atomic E-state index is 0.242. The van der Waals surface area contributed by atoms with E-state index < -0.39 is 6.16 Å². The van der Waals surface area contributed by atoms with Crippen molar-refractivity contribution in [2.45, 2.75) is 13.5 Å². The van der Waals surface area contributed by atoms with Crippen molar-refractivity contribution in [1.29, 1.82) is 0 Å². The molecular weight excluding hydrogens is 332 g/mol. The van der Waals surface area contributed by atoms with Gasteiger partial charge >= 0.3 is 12.2 Å². The van der Waals surface area contributed by atoms with Crippen LogP contribution in [0.2, 0.25) is 5.02 Å². The Morgan fingerprint density at radius 1 is 1.04 bits per heavy atom. The molecule has 0 aromatic heterocycles. The van der Waals surface area contributed by atoms with Crippen molar-refractivity contribution in [3.05, 3.63) is 59.1 Å². The third-order valence-corrected chi connectivity index (χ3v) is 3.19. The first kappa shape index (κ1) is 17.6. The number of anilines is 1. The van der Waals surface area contributed by atoms with Gasteiger partial charge in [-0.05, 0) is 48.9 Å². The highest BCUT2D eigenvalue weighted by molar-refractivity contribution is 6.30. The van der Waals surface area contributed by atoms with Crippen molar-refractivity contribution in [2.24, 2.45) is 0 Å². The van der Waals surface area contributed by atoms with Gasteiger partial charge in [0.05, 0.1) is 6.61 Å². The van der Waals surface area contributed by atoms with Crippen LogP contribution in [0.3, 0.4) is 0 Å². The number of urea groups is 1. The van der Waals surface area contributed by atoms with Gasteiger partial charge in [0, 0.05) is 17.3 Å². The Bertz CT molecular complexity index is 687. The third kappa shape index (κ3) is 5.81. The van der Waals surface area contributed by atoms with Crippen LogP contribution in [0.1, 0.15) is 12.5 Å². The maximum atomic E-state index is 11.8. The van der Waals surface area contributed by atoms with Gasteiger partial charge in [0.2, 0.25) is 0 Å². The second-order valence-electron chi connectivity index (χ2n) is 4.74. The Hall–Kier alpha value is -2.73. The van der Waals surface area contributed by atoms with E-state index in [0.29, 0.717) is 23.0 Å². The van der Waals surface area contributed by atoms with Gasteiger partial charge in [0.15, 0.2) is 0 Å². The van der Waals surface area contributed by atoms with Gasteiger partial charge in [-0.25, -0.2) is 9.59 Å². The lowest BCUT2D eigenvalue weighted by molar-refractivity contribution is 0.104. The fraction of sp³-hybridized carbons (Fsp3) is 0.176. The standard InChI is InChI=1S/C17H17ClN2O4/c1-2-23-17(22)24-15-9-7-14(8-10-15)20-16(21)19-11-12-3-5-13(18)6-4-12/h3-10H,2,11H2,1H3,(H2,19,20,21). The van der Waals surface area contributed by atoms with Crippen molar-refractivity contribution in [3.63, 3.8) is 0 Å². The Morgan fingerprint density at radius 2 is 1.71 bits per heavy atom. The number of rotatable bonds is 5. The highest BCUT2D eigenvalue weighted by Gasteiger charge is 2.06. The number of carbonyl (C=O) groups is 2. The first-order chi connectivity index (χ1) is 11.6. The lowest BCUT2D eigenvalue weighted by Gasteiger charge is -2.09. The second-order valence-corrected chi connectivity index (χ2v) is 5.18. The van der Waals surface area contributed by atoms with Gasteiger partial charge in [0.25, 0.3) is 0 Å². The van der Waals surface area contributed by atoms with E-state index in [1.807, 2.05) is 12.1 Å². The van der Waals surface area contributed by atoms with Crippen LogP contribution in [0, 0.1) is 0 Å². The zero-order valence-electron chi connectivity index (χ0n) is 13.0. The van der Waals surface area contributed by atoms with Gasteiger partial charge in [-0.15, -0.1) is 0 Å². The van der Waals surface area contributed by atoms with E-state index >= 15 is 0 Å². The summed E-state index contributed by atoms with van der Waals surface area (Å²) >= 11 is 5.80. The predicted octanol–water partition coefficient (Wildman–Crippen LogP) is 4.20. The van der Waals surface area contributed by atoms with E-state index in [2.05, 4.69) is 15.4 Å². The molecule has 2 aromatic carbocycles. The van der Waals surface area contributed by atoms with Gasteiger partial charge in [0.1, 0.15) is 5.75 Å². The van der Waals surface area contributed by atoms with Crippen LogP contribution < -0.4 is 15.4 Å². The molecule has 0 aliphatic heterocycles. The Morgan fingerprint density at radius 3 is 2.33 bits per heavy atom. The number of benzene rings is 2. The molecule has 24 heavy (non-hydrogen) atoms. The molecule has 0 saturated heterocycles. The van der Waals surface area contributed by atoms with Crippen LogP contribution in [0.5, 0.6) is 5.75 Å². The van der Waals surface area contributed by atoms with E-state index in [4.69, 9.17) is 16.3 Å². The molecule has 0 aliphatic rings. The average molecular weight is 349 g/mol. The minimum atomic E-state index is -0.765. The first-order valence-corrected chi connectivity index (χ1v) is 7.68. The number of nitrogens with one attached hydrogen (secondary N) is 2. The van der Waals surface area contributed by atoms with E-state index in [0.717, 1.165) is 5.56 Å². The normalized spacial score (nSPS) is 9.92. The van der Waals surface area contributed by atoms with E-state index in [-0.39, 0.29) is 12.6 Å². The monoisotopic (exact) mass is 348 g/mol. The van der Waals surface area contributed by atoms with Crippen molar-refractivity contribution in [3.8, 4) is 5.75 Å². The van der Waals surface area contributed by atoms with Crippen LogP contribution in [-0.2, 0) is 11.3 Å². The van der Waals surface area contributed by atoms with Crippen LogP contribution in [0.25, 0.3) is 0 Å². The van der Waals surface area contributed by atoms with Crippen molar-refractivity contribution >= 4 is 29.5 Å². The zero-order chi connectivity index (χ0) is 17.4. The highest BCUT2D eigenvalue weighted by atomic mass is 35.5. The molecular formula is C17H17ClN2O4.